The van der Waals surface area contributed by atoms with Gasteiger partial charge in [-0.3, -0.25) is 4.79 Å². The molecule has 0 aliphatic heterocycles. The number of ether oxygens (including phenoxy) is 1. The fourth-order valence-electron chi connectivity index (χ4n) is 1.99. The van der Waals surface area contributed by atoms with Crippen molar-refractivity contribution in [3.05, 3.63) is 35.9 Å². The number of benzene rings is 1. The molecule has 1 atom stereocenters. The topological polar surface area (TPSA) is 41.6 Å². The van der Waals surface area contributed by atoms with Crippen molar-refractivity contribution in [3.8, 4) is 0 Å². The van der Waals surface area contributed by atoms with Gasteiger partial charge in [0.05, 0.1) is 6.61 Å². The second kappa shape index (κ2) is 9.50. The van der Waals surface area contributed by atoms with Gasteiger partial charge in [0.25, 0.3) is 0 Å². The van der Waals surface area contributed by atoms with Crippen LogP contribution < -0.4 is 5.32 Å². The highest BCUT2D eigenvalue weighted by molar-refractivity contribution is 5.75. The zero-order valence-corrected chi connectivity index (χ0v) is 12.8. The average Bonchev–Trinajstić information content (AvgIpc) is 2.44. The monoisotopic (exact) mass is 278 g/mol. The fourth-order valence-corrected chi connectivity index (χ4v) is 1.99. The van der Waals surface area contributed by atoms with Gasteiger partial charge in [-0.25, -0.2) is 0 Å². The van der Waals surface area contributed by atoms with Crippen molar-refractivity contribution in [1.29, 1.82) is 0 Å². The van der Waals surface area contributed by atoms with Crippen LogP contribution in [-0.2, 0) is 16.1 Å². The van der Waals surface area contributed by atoms with Crippen molar-refractivity contribution in [3.63, 3.8) is 0 Å². The minimum Gasteiger partial charge on any atom is -0.465 e. The molecule has 1 rings (SSSR count). The van der Waals surface area contributed by atoms with Gasteiger partial charge >= 0.3 is 5.97 Å². The van der Waals surface area contributed by atoms with Crippen LogP contribution in [0.1, 0.15) is 25.8 Å². The number of nitrogens with one attached hydrogen (secondary N) is 1. The summed E-state index contributed by atoms with van der Waals surface area (Å²) in [7, 11) is 2.11. The Balaban J connectivity index is 2.13. The molecule has 0 bridgehead atoms. The highest BCUT2D eigenvalue weighted by atomic mass is 16.5. The van der Waals surface area contributed by atoms with Gasteiger partial charge in [0.15, 0.2) is 0 Å². The zero-order chi connectivity index (χ0) is 14.8. The van der Waals surface area contributed by atoms with Crippen molar-refractivity contribution in [2.24, 2.45) is 0 Å². The molecule has 0 aromatic heterocycles. The largest absolute Gasteiger partial charge is 0.465 e. The van der Waals surface area contributed by atoms with Crippen LogP contribution in [0.15, 0.2) is 30.3 Å². The second-order valence-electron chi connectivity index (χ2n) is 5.00. The molecule has 0 saturated heterocycles. The van der Waals surface area contributed by atoms with E-state index in [1.54, 1.807) is 0 Å². The van der Waals surface area contributed by atoms with Gasteiger partial charge in [0, 0.05) is 6.54 Å². The van der Waals surface area contributed by atoms with Crippen LogP contribution in [0.3, 0.4) is 0 Å². The standard InChI is InChI=1S/C16H26N2O2/c1-4-20-16(19)14(2)17-11-8-12-18(3)13-15-9-6-5-7-10-15/h5-7,9-10,14,17H,4,8,11-13H2,1-3H3. The molecule has 0 heterocycles. The van der Waals surface area contributed by atoms with Crippen LogP contribution in [0.25, 0.3) is 0 Å². The number of hydrogen-bond donors (Lipinski definition) is 1. The summed E-state index contributed by atoms with van der Waals surface area (Å²) in [5.41, 5.74) is 1.32. The molecule has 4 heteroatoms. The summed E-state index contributed by atoms with van der Waals surface area (Å²) in [6.07, 6.45) is 1.01. The smallest absolute Gasteiger partial charge is 0.322 e. The molecule has 112 valence electrons. The molecule has 0 fully saturated rings. The minimum atomic E-state index is -0.227. The number of carbonyl (C=O) groups excluding carboxylic acids is 1. The maximum absolute atomic E-state index is 11.4. The van der Waals surface area contributed by atoms with E-state index in [1.165, 1.54) is 5.56 Å². The van der Waals surface area contributed by atoms with Crippen LogP contribution in [0, 0.1) is 0 Å². The van der Waals surface area contributed by atoms with Crippen molar-refractivity contribution >= 4 is 5.97 Å². The zero-order valence-electron chi connectivity index (χ0n) is 12.8. The molecule has 0 saturated carbocycles. The summed E-state index contributed by atoms with van der Waals surface area (Å²) in [5.74, 6) is -0.176. The van der Waals surface area contributed by atoms with E-state index in [9.17, 15) is 4.79 Å². The minimum absolute atomic E-state index is 0.176. The fraction of sp³-hybridized carbons (Fsp3) is 0.562. The predicted octanol–water partition coefficient (Wildman–Crippen LogP) is 2.05. The molecule has 0 radical (unpaired) electrons. The highest BCUT2D eigenvalue weighted by Crippen LogP contribution is 2.02. The van der Waals surface area contributed by atoms with Crippen molar-refractivity contribution in [2.75, 3.05) is 26.7 Å². The first kappa shape index (κ1) is 16.7. The van der Waals surface area contributed by atoms with Gasteiger partial charge in [0.2, 0.25) is 0 Å². The molecule has 20 heavy (non-hydrogen) atoms. The maximum Gasteiger partial charge on any atom is 0.322 e. The number of hydrogen-bond acceptors (Lipinski definition) is 4. The Labute approximate surface area is 122 Å². The van der Waals surface area contributed by atoms with Crippen LogP contribution in [0.2, 0.25) is 0 Å². The van der Waals surface area contributed by atoms with E-state index in [4.69, 9.17) is 4.74 Å². The number of rotatable bonds is 9. The van der Waals surface area contributed by atoms with Gasteiger partial charge in [-0.05, 0) is 46.0 Å². The highest BCUT2D eigenvalue weighted by Gasteiger charge is 2.12. The molecule has 0 spiro atoms. The van der Waals surface area contributed by atoms with E-state index in [2.05, 4.69) is 41.5 Å². The Morgan fingerprint density at radius 3 is 2.70 bits per heavy atom. The van der Waals surface area contributed by atoms with Crippen LogP contribution in [-0.4, -0.2) is 43.7 Å². The molecular weight excluding hydrogens is 252 g/mol. The lowest BCUT2D eigenvalue weighted by molar-refractivity contribution is -0.145. The number of nitrogens with zero attached hydrogens (tertiary/aromatic N) is 1. The molecular formula is C16H26N2O2. The SMILES string of the molecule is CCOC(=O)C(C)NCCCN(C)Cc1ccccc1. The van der Waals surface area contributed by atoms with E-state index >= 15 is 0 Å². The van der Waals surface area contributed by atoms with Crippen molar-refractivity contribution in [1.82, 2.24) is 10.2 Å². The number of carbonyl (C=O) groups is 1. The summed E-state index contributed by atoms with van der Waals surface area (Å²) < 4.78 is 4.95. The van der Waals surface area contributed by atoms with Gasteiger partial charge in [-0.1, -0.05) is 30.3 Å². The normalized spacial score (nSPS) is 12.4. The first-order valence-corrected chi connectivity index (χ1v) is 7.26. The summed E-state index contributed by atoms with van der Waals surface area (Å²) in [6, 6.07) is 10.2. The Morgan fingerprint density at radius 2 is 2.05 bits per heavy atom. The summed E-state index contributed by atoms with van der Waals surface area (Å²) >= 11 is 0. The predicted molar refractivity (Wildman–Crippen MR) is 81.5 cm³/mol. The second-order valence-corrected chi connectivity index (χ2v) is 5.00. The van der Waals surface area contributed by atoms with E-state index < -0.39 is 0 Å². The van der Waals surface area contributed by atoms with E-state index in [-0.39, 0.29) is 12.0 Å². The third kappa shape index (κ3) is 6.68. The Bertz CT molecular complexity index is 381. The lowest BCUT2D eigenvalue weighted by Crippen LogP contribution is -2.36. The molecule has 4 nitrogen and oxygen atoms in total. The van der Waals surface area contributed by atoms with Crippen LogP contribution in [0.4, 0.5) is 0 Å². The van der Waals surface area contributed by atoms with E-state index in [1.807, 2.05) is 19.9 Å². The Kier molecular flexibility index (Phi) is 7.92. The van der Waals surface area contributed by atoms with Gasteiger partial charge < -0.3 is 15.0 Å². The van der Waals surface area contributed by atoms with Gasteiger partial charge in [-0.15, -0.1) is 0 Å². The maximum atomic E-state index is 11.4. The van der Waals surface area contributed by atoms with E-state index in [0.29, 0.717) is 6.61 Å². The molecule has 1 aromatic carbocycles. The van der Waals surface area contributed by atoms with Crippen LogP contribution >= 0.6 is 0 Å². The molecule has 1 unspecified atom stereocenters. The lowest BCUT2D eigenvalue weighted by Gasteiger charge is -2.18. The van der Waals surface area contributed by atoms with Crippen molar-refractivity contribution < 1.29 is 9.53 Å². The quantitative estimate of drug-likeness (QED) is 0.554. The average molecular weight is 278 g/mol. The summed E-state index contributed by atoms with van der Waals surface area (Å²) in [5, 5.41) is 3.19. The third-order valence-electron chi connectivity index (χ3n) is 3.10. The Hall–Kier alpha value is -1.39. The van der Waals surface area contributed by atoms with Crippen LogP contribution in [0.5, 0.6) is 0 Å². The summed E-state index contributed by atoms with van der Waals surface area (Å²) in [4.78, 5) is 13.7. The van der Waals surface area contributed by atoms with E-state index in [0.717, 1.165) is 26.1 Å². The van der Waals surface area contributed by atoms with Gasteiger partial charge in [0.1, 0.15) is 6.04 Å². The molecule has 0 aliphatic carbocycles. The first-order valence-electron chi connectivity index (χ1n) is 7.26. The Morgan fingerprint density at radius 1 is 1.35 bits per heavy atom. The lowest BCUT2D eigenvalue weighted by atomic mass is 10.2. The third-order valence-corrected chi connectivity index (χ3v) is 3.10. The van der Waals surface area contributed by atoms with Gasteiger partial charge in [-0.2, -0.15) is 0 Å². The van der Waals surface area contributed by atoms with Crippen molar-refractivity contribution in [2.45, 2.75) is 32.9 Å². The summed E-state index contributed by atoms with van der Waals surface area (Å²) in [6.45, 7) is 6.87. The molecule has 0 amide bonds. The molecule has 0 aliphatic rings. The number of esters is 1. The first-order chi connectivity index (χ1) is 9.63. The molecule has 1 aromatic rings. The molecule has 1 N–H and O–H groups in total.